The van der Waals surface area contributed by atoms with Gasteiger partial charge >= 0.3 is 0 Å². The van der Waals surface area contributed by atoms with Crippen LogP contribution in [0.1, 0.15) is 23.2 Å². The standard InChI is InChI=1S/C13H16ClN3O2/c14-11-6-9(3-4-10(11)12(15)18)17-13(19)8-2-1-5-16-7-8/h3-4,6,8,16H,1-2,5,7H2,(H2,15,18)(H,17,19)/t8-/m1/s1. The monoisotopic (exact) mass is 281 g/mol. The van der Waals surface area contributed by atoms with E-state index in [4.69, 9.17) is 17.3 Å². The van der Waals surface area contributed by atoms with Gasteiger partial charge in [0.15, 0.2) is 0 Å². The molecule has 0 aliphatic carbocycles. The van der Waals surface area contributed by atoms with Gasteiger partial charge in [0.05, 0.1) is 16.5 Å². The number of anilines is 1. The zero-order valence-electron chi connectivity index (χ0n) is 10.4. The van der Waals surface area contributed by atoms with Gasteiger partial charge in [0, 0.05) is 12.2 Å². The Morgan fingerprint density at radius 1 is 1.42 bits per heavy atom. The summed E-state index contributed by atoms with van der Waals surface area (Å²) in [5, 5.41) is 6.23. The molecule has 1 aliphatic rings. The highest BCUT2D eigenvalue weighted by molar-refractivity contribution is 6.34. The molecule has 0 unspecified atom stereocenters. The second-order valence-electron chi connectivity index (χ2n) is 4.59. The molecule has 0 saturated carbocycles. The minimum absolute atomic E-state index is 0.0247. The molecule has 0 bridgehead atoms. The van der Waals surface area contributed by atoms with E-state index in [0.29, 0.717) is 12.2 Å². The molecule has 102 valence electrons. The first-order valence-electron chi connectivity index (χ1n) is 6.19. The first-order chi connectivity index (χ1) is 9.08. The summed E-state index contributed by atoms with van der Waals surface area (Å²) >= 11 is 5.93. The fraction of sp³-hybridized carbons (Fsp3) is 0.385. The van der Waals surface area contributed by atoms with Crippen molar-refractivity contribution in [2.45, 2.75) is 12.8 Å². The van der Waals surface area contributed by atoms with E-state index in [1.165, 1.54) is 12.1 Å². The second kappa shape index (κ2) is 6.04. The molecule has 19 heavy (non-hydrogen) atoms. The predicted octanol–water partition coefficient (Wildman–Crippen LogP) is 1.38. The average molecular weight is 282 g/mol. The minimum atomic E-state index is -0.584. The van der Waals surface area contributed by atoms with Crippen molar-refractivity contribution in [2.24, 2.45) is 11.7 Å². The molecule has 1 heterocycles. The van der Waals surface area contributed by atoms with Crippen LogP contribution < -0.4 is 16.4 Å². The highest BCUT2D eigenvalue weighted by Crippen LogP contribution is 2.21. The van der Waals surface area contributed by atoms with Gasteiger partial charge in [0.1, 0.15) is 0 Å². The molecule has 0 spiro atoms. The Kier molecular flexibility index (Phi) is 4.39. The van der Waals surface area contributed by atoms with Gasteiger partial charge in [-0.05, 0) is 37.6 Å². The Hall–Kier alpha value is -1.59. The number of rotatable bonds is 3. The maximum Gasteiger partial charge on any atom is 0.250 e. The molecule has 1 saturated heterocycles. The Bertz CT molecular complexity index is 499. The molecule has 1 fully saturated rings. The van der Waals surface area contributed by atoms with Crippen molar-refractivity contribution >= 4 is 29.1 Å². The van der Waals surface area contributed by atoms with Crippen molar-refractivity contribution in [3.05, 3.63) is 28.8 Å². The lowest BCUT2D eigenvalue weighted by Crippen LogP contribution is -2.37. The summed E-state index contributed by atoms with van der Waals surface area (Å²) in [5.41, 5.74) is 5.99. The van der Waals surface area contributed by atoms with Crippen molar-refractivity contribution in [2.75, 3.05) is 18.4 Å². The fourth-order valence-corrected chi connectivity index (χ4v) is 2.39. The van der Waals surface area contributed by atoms with Gasteiger partial charge in [0.25, 0.3) is 0 Å². The Labute approximate surface area is 116 Å². The first-order valence-corrected chi connectivity index (χ1v) is 6.56. The third-order valence-corrected chi connectivity index (χ3v) is 3.48. The lowest BCUT2D eigenvalue weighted by atomic mass is 9.99. The van der Waals surface area contributed by atoms with Crippen LogP contribution in [0.4, 0.5) is 5.69 Å². The Morgan fingerprint density at radius 3 is 2.79 bits per heavy atom. The zero-order chi connectivity index (χ0) is 13.8. The normalized spacial score (nSPS) is 18.9. The smallest absolute Gasteiger partial charge is 0.250 e. The van der Waals surface area contributed by atoms with Crippen LogP contribution in [0.25, 0.3) is 0 Å². The summed E-state index contributed by atoms with van der Waals surface area (Å²) in [6.45, 7) is 1.65. The van der Waals surface area contributed by atoms with Crippen molar-refractivity contribution in [1.82, 2.24) is 5.32 Å². The molecule has 2 rings (SSSR count). The van der Waals surface area contributed by atoms with Crippen LogP contribution in [-0.4, -0.2) is 24.9 Å². The van der Waals surface area contributed by atoms with Gasteiger partial charge < -0.3 is 16.4 Å². The number of halogens is 1. The van der Waals surface area contributed by atoms with Crippen molar-refractivity contribution < 1.29 is 9.59 Å². The highest BCUT2D eigenvalue weighted by Gasteiger charge is 2.21. The second-order valence-corrected chi connectivity index (χ2v) is 5.00. The molecule has 6 heteroatoms. The van der Waals surface area contributed by atoms with Crippen LogP contribution in [0.2, 0.25) is 5.02 Å². The molecule has 1 aromatic carbocycles. The van der Waals surface area contributed by atoms with Crippen LogP contribution in [0.5, 0.6) is 0 Å². The molecule has 0 radical (unpaired) electrons. The van der Waals surface area contributed by atoms with E-state index < -0.39 is 5.91 Å². The maximum absolute atomic E-state index is 12.0. The molecule has 0 aromatic heterocycles. The first kappa shape index (κ1) is 13.8. The Balaban J connectivity index is 2.04. The van der Waals surface area contributed by atoms with Gasteiger partial charge in [-0.3, -0.25) is 9.59 Å². The van der Waals surface area contributed by atoms with Gasteiger partial charge in [-0.15, -0.1) is 0 Å². The van der Waals surface area contributed by atoms with E-state index in [-0.39, 0.29) is 22.4 Å². The summed E-state index contributed by atoms with van der Waals surface area (Å²) in [4.78, 5) is 23.1. The van der Waals surface area contributed by atoms with E-state index >= 15 is 0 Å². The third kappa shape index (κ3) is 3.45. The minimum Gasteiger partial charge on any atom is -0.366 e. The van der Waals surface area contributed by atoms with Crippen LogP contribution >= 0.6 is 11.6 Å². The van der Waals surface area contributed by atoms with E-state index in [9.17, 15) is 9.59 Å². The van der Waals surface area contributed by atoms with Crippen LogP contribution in [0.15, 0.2) is 18.2 Å². The quantitative estimate of drug-likeness (QED) is 0.782. The van der Waals surface area contributed by atoms with Gasteiger partial charge in [0.2, 0.25) is 11.8 Å². The van der Waals surface area contributed by atoms with Crippen molar-refractivity contribution in [3.8, 4) is 0 Å². The lowest BCUT2D eigenvalue weighted by Gasteiger charge is -2.22. The number of nitrogens with one attached hydrogen (secondary N) is 2. The van der Waals surface area contributed by atoms with Gasteiger partial charge in [-0.1, -0.05) is 11.6 Å². The molecule has 1 aromatic rings. The number of nitrogens with two attached hydrogens (primary N) is 1. The molecule has 1 atom stereocenters. The molecule has 2 amide bonds. The molecular formula is C13H16ClN3O2. The molecular weight excluding hydrogens is 266 g/mol. The van der Waals surface area contributed by atoms with E-state index in [0.717, 1.165) is 19.4 Å². The molecule has 1 aliphatic heterocycles. The summed E-state index contributed by atoms with van der Waals surface area (Å²) in [6, 6.07) is 4.68. The number of hydrogen-bond acceptors (Lipinski definition) is 3. The lowest BCUT2D eigenvalue weighted by molar-refractivity contribution is -0.120. The van der Waals surface area contributed by atoms with Crippen LogP contribution in [0, 0.1) is 5.92 Å². The molecule has 5 nitrogen and oxygen atoms in total. The largest absolute Gasteiger partial charge is 0.366 e. The Morgan fingerprint density at radius 2 is 2.21 bits per heavy atom. The topological polar surface area (TPSA) is 84.2 Å². The van der Waals surface area contributed by atoms with Crippen LogP contribution in [-0.2, 0) is 4.79 Å². The number of piperidine rings is 1. The van der Waals surface area contributed by atoms with Crippen molar-refractivity contribution in [3.63, 3.8) is 0 Å². The van der Waals surface area contributed by atoms with Crippen molar-refractivity contribution in [1.29, 1.82) is 0 Å². The summed E-state index contributed by atoms with van der Waals surface area (Å²) in [6.07, 6.45) is 1.88. The van der Waals surface area contributed by atoms with Crippen LogP contribution in [0.3, 0.4) is 0 Å². The number of carbonyl (C=O) groups excluding carboxylic acids is 2. The summed E-state index contributed by atoms with van der Waals surface area (Å²) in [5.74, 6) is -0.641. The van der Waals surface area contributed by atoms with E-state index in [2.05, 4.69) is 10.6 Å². The maximum atomic E-state index is 12.0. The summed E-state index contributed by atoms with van der Waals surface area (Å²) in [7, 11) is 0. The number of amides is 2. The van der Waals surface area contributed by atoms with Gasteiger partial charge in [-0.2, -0.15) is 0 Å². The fourth-order valence-electron chi connectivity index (χ4n) is 2.11. The average Bonchev–Trinajstić information content (AvgIpc) is 2.39. The van der Waals surface area contributed by atoms with E-state index in [1.807, 2.05) is 0 Å². The highest BCUT2D eigenvalue weighted by atomic mass is 35.5. The van der Waals surface area contributed by atoms with E-state index in [1.54, 1.807) is 6.07 Å². The number of benzene rings is 1. The number of carbonyl (C=O) groups is 2. The zero-order valence-corrected chi connectivity index (χ0v) is 11.2. The van der Waals surface area contributed by atoms with Gasteiger partial charge in [-0.25, -0.2) is 0 Å². The SMILES string of the molecule is NC(=O)c1ccc(NC(=O)[C@@H]2CCCNC2)cc1Cl. The number of primary amides is 1. The third-order valence-electron chi connectivity index (χ3n) is 3.17. The number of hydrogen-bond donors (Lipinski definition) is 3. The summed E-state index contributed by atoms with van der Waals surface area (Å²) < 4.78 is 0. The predicted molar refractivity (Wildman–Crippen MR) is 74.2 cm³/mol. The molecule has 4 N–H and O–H groups in total.